The van der Waals surface area contributed by atoms with Crippen molar-refractivity contribution in [1.82, 2.24) is 5.16 Å². The van der Waals surface area contributed by atoms with Crippen LogP contribution in [0.2, 0.25) is 0 Å². The largest absolute Gasteiger partial charge is 0.493 e. The molecular formula is C13H10N2O2. The first-order chi connectivity index (χ1) is 8.36. The highest BCUT2D eigenvalue weighted by Crippen LogP contribution is 2.30. The second-order valence-corrected chi connectivity index (χ2v) is 3.96. The first kappa shape index (κ1) is 9.91. The number of fused-ring (bicyclic) bond motifs is 1. The highest BCUT2D eigenvalue weighted by Gasteiger charge is 2.13. The maximum absolute atomic E-state index is 8.70. The van der Waals surface area contributed by atoms with Gasteiger partial charge in [0.2, 0.25) is 0 Å². The van der Waals surface area contributed by atoms with E-state index in [2.05, 4.69) is 5.16 Å². The van der Waals surface area contributed by atoms with Crippen LogP contribution >= 0.6 is 0 Å². The molecule has 0 bridgehead atoms. The lowest BCUT2D eigenvalue weighted by Crippen LogP contribution is -2.07. The van der Waals surface area contributed by atoms with Crippen molar-refractivity contribution >= 4 is 0 Å². The van der Waals surface area contributed by atoms with E-state index in [0.29, 0.717) is 11.5 Å². The van der Waals surface area contributed by atoms with Crippen molar-refractivity contribution in [2.24, 2.45) is 0 Å². The van der Waals surface area contributed by atoms with Crippen LogP contribution in [0, 0.1) is 11.3 Å². The average molecular weight is 226 g/mol. The number of rotatable bonds is 1. The number of aryl methyl sites for hydroxylation is 1. The first-order valence-corrected chi connectivity index (χ1v) is 5.50. The molecule has 0 fully saturated rings. The molecule has 3 rings (SSSR count). The number of nitrogens with zero attached hydrogens (tertiary/aromatic N) is 2. The van der Waals surface area contributed by atoms with Gasteiger partial charge < -0.3 is 9.26 Å². The number of aromatic nitrogens is 1. The van der Waals surface area contributed by atoms with Crippen LogP contribution < -0.4 is 4.74 Å². The predicted octanol–water partition coefficient (Wildman–Crippen LogP) is 2.54. The third-order valence-corrected chi connectivity index (χ3v) is 2.82. The summed E-state index contributed by atoms with van der Waals surface area (Å²) in [5, 5.41) is 12.4. The molecular weight excluding hydrogens is 216 g/mol. The smallest absolute Gasteiger partial charge is 0.184 e. The lowest BCUT2D eigenvalue weighted by atomic mass is 10.0. The van der Waals surface area contributed by atoms with Crippen LogP contribution in [-0.4, -0.2) is 11.8 Å². The fraction of sp³-hybridized carbons (Fsp3) is 0.231. The molecule has 2 aromatic rings. The summed E-state index contributed by atoms with van der Waals surface area (Å²) in [5.74, 6) is 1.56. The molecule has 1 aliphatic rings. The van der Waals surface area contributed by atoms with Crippen LogP contribution in [0.15, 0.2) is 28.8 Å². The predicted molar refractivity (Wildman–Crippen MR) is 60.5 cm³/mol. The molecule has 2 heterocycles. The number of hydrogen-bond donors (Lipinski definition) is 0. The highest BCUT2D eigenvalue weighted by atomic mass is 16.5. The molecule has 84 valence electrons. The average Bonchev–Trinajstić information content (AvgIpc) is 2.87. The van der Waals surface area contributed by atoms with Crippen molar-refractivity contribution in [2.45, 2.75) is 12.8 Å². The molecule has 1 aliphatic heterocycles. The molecule has 0 N–H and O–H groups in total. The van der Waals surface area contributed by atoms with Crippen LogP contribution in [-0.2, 0) is 6.42 Å². The molecule has 0 amide bonds. The van der Waals surface area contributed by atoms with Crippen LogP contribution in [0.4, 0.5) is 0 Å². The molecule has 0 saturated heterocycles. The van der Waals surface area contributed by atoms with E-state index in [1.165, 1.54) is 5.56 Å². The summed E-state index contributed by atoms with van der Waals surface area (Å²) in [5.41, 5.74) is 2.42. The second-order valence-electron chi connectivity index (χ2n) is 3.96. The van der Waals surface area contributed by atoms with Gasteiger partial charge in [-0.1, -0.05) is 5.16 Å². The van der Waals surface area contributed by atoms with E-state index in [9.17, 15) is 0 Å². The molecule has 0 saturated carbocycles. The lowest BCUT2D eigenvalue weighted by molar-refractivity contribution is 0.288. The topological polar surface area (TPSA) is 59.0 Å². The Kier molecular flexibility index (Phi) is 2.30. The Morgan fingerprint density at radius 3 is 3.06 bits per heavy atom. The summed E-state index contributed by atoms with van der Waals surface area (Å²) in [6.07, 6.45) is 2.05. The summed E-state index contributed by atoms with van der Waals surface area (Å²) < 4.78 is 10.7. The van der Waals surface area contributed by atoms with Gasteiger partial charge in [-0.3, -0.25) is 0 Å². The van der Waals surface area contributed by atoms with Gasteiger partial charge in [0.15, 0.2) is 11.5 Å². The third-order valence-electron chi connectivity index (χ3n) is 2.82. The summed E-state index contributed by atoms with van der Waals surface area (Å²) >= 11 is 0. The first-order valence-electron chi connectivity index (χ1n) is 5.50. The fourth-order valence-electron chi connectivity index (χ4n) is 1.98. The van der Waals surface area contributed by atoms with Crippen molar-refractivity contribution in [3.05, 3.63) is 35.5 Å². The molecule has 0 radical (unpaired) electrons. The Morgan fingerprint density at radius 2 is 2.24 bits per heavy atom. The van der Waals surface area contributed by atoms with E-state index in [-0.39, 0.29) is 0 Å². The molecule has 0 unspecified atom stereocenters. The minimum absolute atomic E-state index is 0.300. The zero-order chi connectivity index (χ0) is 11.7. The van der Waals surface area contributed by atoms with Gasteiger partial charge in [-0.25, -0.2) is 0 Å². The SMILES string of the molecule is N#Cc1cc(-c2ccc3c(c2)CCCO3)on1. The van der Waals surface area contributed by atoms with E-state index >= 15 is 0 Å². The minimum Gasteiger partial charge on any atom is -0.493 e. The Morgan fingerprint density at radius 1 is 1.29 bits per heavy atom. The van der Waals surface area contributed by atoms with Crippen LogP contribution in [0.1, 0.15) is 17.7 Å². The Hall–Kier alpha value is -2.28. The molecule has 1 aromatic carbocycles. The van der Waals surface area contributed by atoms with E-state index in [4.69, 9.17) is 14.5 Å². The molecule has 1 aromatic heterocycles. The second kappa shape index (κ2) is 3.95. The molecule has 0 atom stereocenters. The zero-order valence-electron chi connectivity index (χ0n) is 9.14. The third kappa shape index (κ3) is 1.76. The van der Waals surface area contributed by atoms with Gasteiger partial charge in [0, 0.05) is 11.6 Å². The summed E-state index contributed by atoms with van der Waals surface area (Å²) in [6.45, 7) is 0.785. The molecule has 17 heavy (non-hydrogen) atoms. The number of hydrogen-bond acceptors (Lipinski definition) is 4. The highest BCUT2D eigenvalue weighted by molar-refractivity contribution is 5.61. The summed E-state index contributed by atoms with van der Waals surface area (Å²) in [6, 6.07) is 9.50. The molecule has 0 spiro atoms. The van der Waals surface area contributed by atoms with Crippen molar-refractivity contribution in [3.8, 4) is 23.1 Å². The zero-order valence-corrected chi connectivity index (χ0v) is 9.14. The Balaban J connectivity index is 2.01. The van der Waals surface area contributed by atoms with Gasteiger partial charge in [0.25, 0.3) is 0 Å². The van der Waals surface area contributed by atoms with Crippen molar-refractivity contribution in [2.75, 3.05) is 6.61 Å². The summed E-state index contributed by atoms with van der Waals surface area (Å²) in [7, 11) is 0. The lowest BCUT2D eigenvalue weighted by Gasteiger charge is -2.17. The minimum atomic E-state index is 0.300. The van der Waals surface area contributed by atoms with Gasteiger partial charge in [-0.15, -0.1) is 0 Å². The van der Waals surface area contributed by atoms with E-state index in [0.717, 1.165) is 30.8 Å². The molecule has 4 heteroatoms. The number of nitriles is 1. The number of benzene rings is 1. The van der Waals surface area contributed by atoms with Gasteiger partial charge >= 0.3 is 0 Å². The summed E-state index contributed by atoms with van der Waals surface area (Å²) in [4.78, 5) is 0. The van der Waals surface area contributed by atoms with Crippen molar-refractivity contribution in [3.63, 3.8) is 0 Å². The van der Waals surface area contributed by atoms with Gasteiger partial charge in [-0.2, -0.15) is 5.26 Å². The van der Waals surface area contributed by atoms with Crippen molar-refractivity contribution < 1.29 is 9.26 Å². The Bertz CT molecular complexity index is 596. The quantitative estimate of drug-likeness (QED) is 0.749. The normalized spacial score (nSPS) is 13.6. The van der Waals surface area contributed by atoms with E-state index in [1.54, 1.807) is 6.07 Å². The fourth-order valence-corrected chi connectivity index (χ4v) is 1.98. The van der Waals surface area contributed by atoms with Crippen LogP contribution in [0.5, 0.6) is 5.75 Å². The van der Waals surface area contributed by atoms with Gasteiger partial charge in [0.05, 0.1) is 6.61 Å². The molecule has 4 nitrogen and oxygen atoms in total. The van der Waals surface area contributed by atoms with Crippen LogP contribution in [0.3, 0.4) is 0 Å². The van der Waals surface area contributed by atoms with E-state index < -0.39 is 0 Å². The van der Waals surface area contributed by atoms with E-state index in [1.807, 2.05) is 24.3 Å². The molecule has 0 aliphatic carbocycles. The Labute approximate surface area is 98.4 Å². The maximum atomic E-state index is 8.70. The van der Waals surface area contributed by atoms with Crippen LogP contribution in [0.25, 0.3) is 11.3 Å². The monoisotopic (exact) mass is 226 g/mol. The standard InChI is InChI=1S/C13H10N2O2/c14-8-11-7-13(17-15-11)10-3-4-12-9(6-10)2-1-5-16-12/h3-4,6-7H,1-2,5H2. The number of ether oxygens (including phenoxy) is 1. The van der Waals surface area contributed by atoms with Crippen molar-refractivity contribution in [1.29, 1.82) is 5.26 Å². The van der Waals surface area contributed by atoms with Gasteiger partial charge in [-0.05, 0) is 36.6 Å². The van der Waals surface area contributed by atoms with Gasteiger partial charge in [0.1, 0.15) is 11.8 Å². The maximum Gasteiger partial charge on any atom is 0.184 e.